The summed E-state index contributed by atoms with van der Waals surface area (Å²) >= 11 is 1.51. The van der Waals surface area contributed by atoms with Crippen molar-refractivity contribution in [3.8, 4) is 5.75 Å². The zero-order chi connectivity index (χ0) is 23.6. The van der Waals surface area contributed by atoms with Crippen LogP contribution in [-0.2, 0) is 17.6 Å². The lowest BCUT2D eigenvalue weighted by Crippen LogP contribution is -2.40. The zero-order valence-electron chi connectivity index (χ0n) is 18.3. The van der Waals surface area contributed by atoms with Crippen molar-refractivity contribution in [1.29, 1.82) is 0 Å². The minimum Gasteiger partial charge on any atom is -0.491 e. The monoisotopic (exact) mass is 469 g/mol. The molecule has 0 saturated carbocycles. The van der Waals surface area contributed by atoms with Crippen molar-refractivity contribution < 1.29 is 24.5 Å². The lowest BCUT2D eigenvalue weighted by atomic mass is 10.1. The topological polar surface area (TPSA) is 112 Å². The molecule has 0 aliphatic carbocycles. The first-order valence-electron chi connectivity index (χ1n) is 10.5. The fraction of sp³-hybridized carbons (Fsp3) is 0.292. The zero-order valence-corrected chi connectivity index (χ0v) is 19.1. The smallest absolute Gasteiger partial charge is 0.407 e. The average Bonchev–Trinajstić information content (AvgIpc) is 3.21. The Labute approximate surface area is 196 Å². The summed E-state index contributed by atoms with van der Waals surface area (Å²) in [6, 6.07) is 16.3. The summed E-state index contributed by atoms with van der Waals surface area (Å²) in [6.45, 7) is 2.08. The number of thiazole rings is 1. The quantitative estimate of drug-likeness (QED) is 0.396. The summed E-state index contributed by atoms with van der Waals surface area (Å²) in [5.41, 5.74) is 2.33. The number of carbonyl (C=O) groups excluding carboxylic acids is 1. The first-order valence-corrected chi connectivity index (χ1v) is 11.4. The van der Waals surface area contributed by atoms with Gasteiger partial charge < -0.3 is 25.2 Å². The number of aromatic nitrogens is 1. The average molecular weight is 470 g/mol. The van der Waals surface area contributed by atoms with E-state index in [-0.39, 0.29) is 32.0 Å². The largest absolute Gasteiger partial charge is 0.491 e. The maximum Gasteiger partial charge on any atom is 0.407 e. The van der Waals surface area contributed by atoms with Crippen LogP contribution >= 0.6 is 11.3 Å². The van der Waals surface area contributed by atoms with Crippen molar-refractivity contribution in [2.24, 2.45) is 0 Å². The van der Waals surface area contributed by atoms with Gasteiger partial charge in [-0.25, -0.2) is 9.78 Å². The van der Waals surface area contributed by atoms with Crippen LogP contribution in [0.25, 0.3) is 0 Å². The van der Waals surface area contributed by atoms with E-state index in [1.165, 1.54) is 16.2 Å². The molecule has 3 rings (SSSR count). The highest BCUT2D eigenvalue weighted by Gasteiger charge is 2.17. The van der Waals surface area contributed by atoms with E-state index in [4.69, 9.17) is 4.74 Å². The molecule has 1 atom stereocenters. The maximum absolute atomic E-state index is 12.2. The van der Waals surface area contributed by atoms with Crippen molar-refractivity contribution in [3.05, 3.63) is 76.2 Å². The molecule has 0 unspecified atom stereocenters. The molecule has 1 heterocycles. The predicted octanol–water partition coefficient (Wildman–Crippen LogP) is 3.60. The number of benzene rings is 2. The molecule has 0 bridgehead atoms. The number of nitrogens with one attached hydrogen (secondary N) is 1. The molecular weight excluding hydrogens is 442 g/mol. The molecule has 0 fully saturated rings. The van der Waals surface area contributed by atoms with Crippen molar-refractivity contribution in [2.45, 2.75) is 25.9 Å². The number of carbonyl (C=O) groups is 2. The highest BCUT2D eigenvalue weighted by Crippen LogP contribution is 2.13. The third-order valence-corrected chi connectivity index (χ3v) is 5.63. The summed E-state index contributed by atoms with van der Waals surface area (Å²) < 4.78 is 5.49. The fourth-order valence-corrected chi connectivity index (χ4v) is 3.77. The minimum atomic E-state index is -1.10. The van der Waals surface area contributed by atoms with E-state index in [0.29, 0.717) is 17.9 Å². The molecule has 0 aliphatic heterocycles. The van der Waals surface area contributed by atoms with Gasteiger partial charge in [-0.1, -0.05) is 30.3 Å². The van der Waals surface area contributed by atoms with E-state index < -0.39 is 12.2 Å². The lowest BCUT2D eigenvalue weighted by molar-refractivity contribution is -0.115. The summed E-state index contributed by atoms with van der Waals surface area (Å²) in [4.78, 5) is 29.2. The predicted molar refractivity (Wildman–Crippen MR) is 127 cm³/mol. The van der Waals surface area contributed by atoms with Gasteiger partial charge in [0.25, 0.3) is 0 Å². The highest BCUT2D eigenvalue weighted by molar-refractivity contribution is 7.09. The normalized spacial score (nSPS) is 11.6. The van der Waals surface area contributed by atoms with Crippen LogP contribution in [0.15, 0.2) is 60.0 Å². The molecule has 0 radical (unpaired) electrons. The van der Waals surface area contributed by atoms with Gasteiger partial charge in [-0.05, 0) is 43.2 Å². The van der Waals surface area contributed by atoms with Crippen LogP contribution < -0.4 is 10.1 Å². The Bertz CT molecular complexity index is 1040. The number of aryl methyl sites for hydroxylation is 1. The van der Waals surface area contributed by atoms with Gasteiger partial charge in [-0.2, -0.15) is 0 Å². The number of para-hydroxylation sites is 1. The van der Waals surface area contributed by atoms with Crippen LogP contribution in [0.5, 0.6) is 5.75 Å². The molecule has 3 aromatic rings. The number of hydrogen-bond acceptors (Lipinski definition) is 6. The number of ether oxygens (including phenoxy) is 1. The highest BCUT2D eigenvalue weighted by atomic mass is 32.1. The van der Waals surface area contributed by atoms with Crippen molar-refractivity contribution >= 4 is 29.0 Å². The molecule has 1 aromatic heterocycles. The number of amides is 2. The third-order valence-electron chi connectivity index (χ3n) is 4.80. The van der Waals surface area contributed by atoms with Crippen LogP contribution in [0.2, 0.25) is 0 Å². The Morgan fingerprint density at radius 3 is 2.52 bits per heavy atom. The molecule has 0 saturated heterocycles. The number of anilines is 1. The molecule has 2 amide bonds. The third kappa shape index (κ3) is 8.21. The molecule has 0 spiro atoms. The van der Waals surface area contributed by atoms with E-state index in [1.54, 1.807) is 24.3 Å². The van der Waals surface area contributed by atoms with Gasteiger partial charge in [-0.15, -0.1) is 11.3 Å². The molecule has 2 aromatic carbocycles. The van der Waals surface area contributed by atoms with Crippen LogP contribution in [0, 0.1) is 6.92 Å². The minimum absolute atomic E-state index is 0.00264. The number of aliphatic hydroxyl groups excluding tert-OH is 1. The number of rotatable bonds is 11. The second-order valence-corrected chi connectivity index (χ2v) is 8.60. The Kier molecular flexibility index (Phi) is 8.79. The van der Waals surface area contributed by atoms with E-state index in [1.807, 2.05) is 42.6 Å². The molecular formula is C24H27N3O5S. The summed E-state index contributed by atoms with van der Waals surface area (Å²) in [5, 5.41) is 25.3. The molecule has 8 nitrogen and oxygen atoms in total. The Balaban J connectivity index is 1.44. The van der Waals surface area contributed by atoms with Gasteiger partial charge in [-0.3, -0.25) is 4.79 Å². The van der Waals surface area contributed by atoms with Crippen molar-refractivity contribution in [3.63, 3.8) is 0 Å². The van der Waals surface area contributed by atoms with Gasteiger partial charge in [0.2, 0.25) is 5.91 Å². The number of aliphatic hydroxyl groups is 1. The van der Waals surface area contributed by atoms with E-state index in [2.05, 4.69) is 10.3 Å². The summed E-state index contributed by atoms with van der Waals surface area (Å²) in [6.07, 6.45) is -1.35. The van der Waals surface area contributed by atoms with Crippen LogP contribution in [-0.4, -0.2) is 57.9 Å². The number of nitrogens with zero attached hydrogens (tertiary/aromatic N) is 2. The van der Waals surface area contributed by atoms with Gasteiger partial charge in [0, 0.05) is 17.6 Å². The van der Waals surface area contributed by atoms with Gasteiger partial charge in [0.1, 0.15) is 18.5 Å². The van der Waals surface area contributed by atoms with Gasteiger partial charge in [0.15, 0.2) is 0 Å². The molecule has 3 N–H and O–H groups in total. The fourth-order valence-electron chi connectivity index (χ4n) is 3.16. The summed E-state index contributed by atoms with van der Waals surface area (Å²) in [5.74, 6) is 0.476. The lowest BCUT2D eigenvalue weighted by Gasteiger charge is -2.22. The standard InChI is InChI=1S/C24H27N3O5S/c1-17-25-20(16-33-17)13-23(29)26-19-9-7-18(8-10-19)11-12-27(24(30)31)14-21(28)15-32-22-5-3-2-4-6-22/h2-10,16,21,28H,11-15H2,1H3,(H,26,29)(H,30,31)/t21-/m0/s1. The van der Waals surface area contributed by atoms with Crippen LogP contribution in [0.4, 0.5) is 10.5 Å². The SMILES string of the molecule is Cc1nc(CC(=O)Nc2ccc(CCN(C[C@H](O)COc3ccccc3)C(=O)O)cc2)cs1. The summed E-state index contributed by atoms with van der Waals surface area (Å²) in [7, 11) is 0. The van der Waals surface area contributed by atoms with Gasteiger partial charge >= 0.3 is 6.09 Å². The molecule has 33 heavy (non-hydrogen) atoms. The van der Waals surface area contributed by atoms with Crippen molar-refractivity contribution in [2.75, 3.05) is 25.0 Å². The van der Waals surface area contributed by atoms with E-state index >= 15 is 0 Å². The molecule has 0 aliphatic rings. The molecule has 9 heteroatoms. The Morgan fingerprint density at radius 2 is 1.88 bits per heavy atom. The van der Waals surface area contributed by atoms with Crippen LogP contribution in [0.3, 0.4) is 0 Å². The van der Waals surface area contributed by atoms with E-state index in [0.717, 1.165) is 16.3 Å². The first-order chi connectivity index (χ1) is 15.9. The van der Waals surface area contributed by atoms with Crippen molar-refractivity contribution in [1.82, 2.24) is 9.88 Å². The maximum atomic E-state index is 12.2. The van der Waals surface area contributed by atoms with E-state index in [9.17, 15) is 19.8 Å². The Morgan fingerprint density at radius 1 is 1.15 bits per heavy atom. The first kappa shape index (κ1) is 24.2. The van der Waals surface area contributed by atoms with Gasteiger partial charge in [0.05, 0.1) is 23.7 Å². The Hall–Kier alpha value is -3.43. The number of hydrogen-bond donors (Lipinski definition) is 3. The second kappa shape index (κ2) is 12.0. The molecule has 174 valence electrons. The van der Waals surface area contributed by atoms with Crippen LogP contribution in [0.1, 0.15) is 16.3 Å². The number of carboxylic acid groups (broad SMARTS) is 1. The second-order valence-electron chi connectivity index (χ2n) is 7.54.